The Balaban J connectivity index is 2.19. The number of esters is 1. The number of benzene rings is 2. The van der Waals surface area contributed by atoms with E-state index in [1.807, 2.05) is 30.3 Å². The number of aryl methyl sites for hydroxylation is 1. The Labute approximate surface area is 107 Å². The molecule has 2 aromatic rings. The second kappa shape index (κ2) is 5.50. The normalized spacial score (nSPS) is 10.1. The van der Waals surface area contributed by atoms with Gasteiger partial charge in [0.25, 0.3) is 0 Å². The molecule has 2 rings (SSSR count). The summed E-state index contributed by atoms with van der Waals surface area (Å²) in [5.41, 5.74) is 4.57. The summed E-state index contributed by atoms with van der Waals surface area (Å²) >= 11 is 0. The molecule has 0 unspecified atom stereocenters. The van der Waals surface area contributed by atoms with Gasteiger partial charge in [0.1, 0.15) is 0 Å². The number of carbonyl (C=O) groups is 1. The molecular formula is C16H16O2. The largest absolute Gasteiger partial charge is 0.469 e. The van der Waals surface area contributed by atoms with Crippen molar-refractivity contribution in [1.29, 1.82) is 0 Å². The molecule has 2 nitrogen and oxygen atoms in total. The first kappa shape index (κ1) is 12.4. The summed E-state index contributed by atoms with van der Waals surface area (Å²) in [6.07, 6.45) is 0.324. The zero-order valence-electron chi connectivity index (χ0n) is 10.6. The summed E-state index contributed by atoms with van der Waals surface area (Å²) < 4.78 is 4.65. The van der Waals surface area contributed by atoms with Gasteiger partial charge in [-0.25, -0.2) is 0 Å². The van der Waals surface area contributed by atoms with Gasteiger partial charge in [-0.2, -0.15) is 0 Å². The van der Waals surface area contributed by atoms with E-state index >= 15 is 0 Å². The number of ether oxygens (including phenoxy) is 1. The predicted molar refractivity (Wildman–Crippen MR) is 72.3 cm³/mol. The molecule has 0 radical (unpaired) electrons. The molecule has 0 aliphatic rings. The topological polar surface area (TPSA) is 26.3 Å². The van der Waals surface area contributed by atoms with Crippen molar-refractivity contribution in [3.63, 3.8) is 0 Å². The molecule has 0 aliphatic heterocycles. The molecule has 0 amide bonds. The van der Waals surface area contributed by atoms with Crippen molar-refractivity contribution in [1.82, 2.24) is 0 Å². The molecule has 18 heavy (non-hydrogen) atoms. The Bertz CT molecular complexity index is 541. The Morgan fingerprint density at radius 1 is 1.06 bits per heavy atom. The highest BCUT2D eigenvalue weighted by molar-refractivity contribution is 5.73. The van der Waals surface area contributed by atoms with Gasteiger partial charge >= 0.3 is 5.97 Å². The smallest absolute Gasteiger partial charge is 0.309 e. The third kappa shape index (κ3) is 2.98. The SMILES string of the molecule is COC(=O)Cc1ccc(-c2cccc(C)c2)cc1. The number of carbonyl (C=O) groups excluding carboxylic acids is 1. The van der Waals surface area contributed by atoms with Crippen LogP contribution in [0.15, 0.2) is 48.5 Å². The molecule has 0 aromatic heterocycles. The average Bonchev–Trinajstić information content (AvgIpc) is 2.39. The van der Waals surface area contributed by atoms with Crippen LogP contribution in [0.1, 0.15) is 11.1 Å². The van der Waals surface area contributed by atoms with Gasteiger partial charge in [0.05, 0.1) is 13.5 Å². The predicted octanol–water partition coefficient (Wildman–Crippen LogP) is 3.38. The lowest BCUT2D eigenvalue weighted by atomic mass is 10.0. The molecular weight excluding hydrogens is 224 g/mol. The maximum atomic E-state index is 11.2. The van der Waals surface area contributed by atoms with E-state index in [2.05, 4.69) is 29.9 Å². The van der Waals surface area contributed by atoms with Crippen LogP contribution in [-0.2, 0) is 16.0 Å². The summed E-state index contributed by atoms with van der Waals surface area (Å²) in [6, 6.07) is 16.4. The highest BCUT2D eigenvalue weighted by atomic mass is 16.5. The minimum Gasteiger partial charge on any atom is -0.469 e. The van der Waals surface area contributed by atoms with Crippen LogP contribution >= 0.6 is 0 Å². The molecule has 0 saturated carbocycles. The molecule has 0 heterocycles. The fourth-order valence-electron chi connectivity index (χ4n) is 1.88. The van der Waals surface area contributed by atoms with Crippen LogP contribution in [0.25, 0.3) is 11.1 Å². The first-order valence-electron chi connectivity index (χ1n) is 5.92. The molecule has 0 N–H and O–H groups in total. The third-order valence-corrected chi connectivity index (χ3v) is 2.88. The van der Waals surface area contributed by atoms with E-state index in [9.17, 15) is 4.79 Å². The zero-order chi connectivity index (χ0) is 13.0. The highest BCUT2D eigenvalue weighted by Gasteiger charge is 2.03. The third-order valence-electron chi connectivity index (χ3n) is 2.88. The monoisotopic (exact) mass is 240 g/mol. The van der Waals surface area contributed by atoms with Crippen molar-refractivity contribution in [2.45, 2.75) is 13.3 Å². The van der Waals surface area contributed by atoms with Crippen molar-refractivity contribution in [3.05, 3.63) is 59.7 Å². The second-order valence-electron chi connectivity index (χ2n) is 4.32. The number of hydrogen-bond acceptors (Lipinski definition) is 2. The summed E-state index contributed by atoms with van der Waals surface area (Å²) in [6.45, 7) is 2.08. The van der Waals surface area contributed by atoms with E-state index in [-0.39, 0.29) is 5.97 Å². The lowest BCUT2D eigenvalue weighted by Crippen LogP contribution is -2.04. The molecule has 0 atom stereocenters. The van der Waals surface area contributed by atoms with Crippen molar-refractivity contribution in [2.75, 3.05) is 7.11 Å². The fourth-order valence-corrected chi connectivity index (χ4v) is 1.88. The van der Waals surface area contributed by atoms with E-state index in [1.54, 1.807) is 0 Å². The lowest BCUT2D eigenvalue weighted by molar-refractivity contribution is -0.139. The van der Waals surface area contributed by atoms with Crippen LogP contribution < -0.4 is 0 Å². The second-order valence-corrected chi connectivity index (χ2v) is 4.32. The Morgan fingerprint density at radius 3 is 2.39 bits per heavy atom. The maximum Gasteiger partial charge on any atom is 0.309 e. The van der Waals surface area contributed by atoms with Crippen molar-refractivity contribution < 1.29 is 9.53 Å². The summed E-state index contributed by atoms with van der Waals surface area (Å²) in [5, 5.41) is 0. The first-order valence-corrected chi connectivity index (χ1v) is 5.92. The summed E-state index contributed by atoms with van der Waals surface area (Å²) in [5.74, 6) is -0.210. The van der Waals surface area contributed by atoms with Gasteiger partial charge < -0.3 is 4.74 Å². The number of hydrogen-bond donors (Lipinski definition) is 0. The highest BCUT2D eigenvalue weighted by Crippen LogP contribution is 2.20. The Kier molecular flexibility index (Phi) is 3.78. The van der Waals surface area contributed by atoms with E-state index in [0.717, 1.165) is 11.1 Å². The van der Waals surface area contributed by atoms with E-state index in [0.29, 0.717) is 6.42 Å². The molecule has 2 heteroatoms. The number of methoxy groups -OCH3 is 1. The van der Waals surface area contributed by atoms with Crippen molar-refractivity contribution in [3.8, 4) is 11.1 Å². The number of rotatable bonds is 3. The minimum atomic E-state index is -0.210. The fraction of sp³-hybridized carbons (Fsp3) is 0.188. The van der Waals surface area contributed by atoms with Crippen LogP contribution in [0, 0.1) is 6.92 Å². The molecule has 92 valence electrons. The van der Waals surface area contributed by atoms with Crippen LogP contribution in [-0.4, -0.2) is 13.1 Å². The maximum absolute atomic E-state index is 11.2. The molecule has 2 aromatic carbocycles. The van der Waals surface area contributed by atoms with E-state index < -0.39 is 0 Å². The molecule has 0 saturated heterocycles. The van der Waals surface area contributed by atoms with Crippen LogP contribution in [0.4, 0.5) is 0 Å². The van der Waals surface area contributed by atoms with E-state index in [1.165, 1.54) is 18.2 Å². The van der Waals surface area contributed by atoms with Gasteiger partial charge in [0, 0.05) is 0 Å². The van der Waals surface area contributed by atoms with Crippen LogP contribution in [0.3, 0.4) is 0 Å². The first-order chi connectivity index (χ1) is 8.69. The van der Waals surface area contributed by atoms with Crippen molar-refractivity contribution in [2.24, 2.45) is 0 Å². The van der Waals surface area contributed by atoms with Gasteiger partial charge in [-0.3, -0.25) is 4.79 Å². The van der Waals surface area contributed by atoms with Gasteiger partial charge in [0.2, 0.25) is 0 Å². The minimum absolute atomic E-state index is 0.210. The average molecular weight is 240 g/mol. The van der Waals surface area contributed by atoms with Crippen molar-refractivity contribution >= 4 is 5.97 Å². The quantitative estimate of drug-likeness (QED) is 0.769. The Morgan fingerprint density at radius 2 is 1.78 bits per heavy atom. The van der Waals surface area contributed by atoms with Gasteiger partial charge in [-0.05, 0) is 23.6 Å². The van der Waals surface area contributed by atoms with E-state index in [4.69, 9.17) is 0 Å². The van der Waals surface area contributed by atoms with Crippen LogP contribution in [0.2, 0.25) is 0 Å². The Hall–Kier alpha value is -2.09. The summed E-state index contributed by atoms with van der Waals surface area (Å²) in [7, 11) is 1.41. The lowest BCUT2D eigenvalue weighted by Gasteiger charge is -2.05. The molecule has 0 fully saturated rings. The molecule has 0 aliphatic carbocycles. The van der Waals surface area contributed by atoms with Crippen LogP contribution in [0.5, 0.6) is 0 Å². The van der Waals surface area contributed by atoms with Gasteiger partial charge in [-0.15, -0.1) is 0 Å². The molecule has 0 bridgehead atoms. The van der Waals surface area contributed by atoms with Gasteiger partial charge in [0.15, 0.2) is 0 Å². The molecule has 0 spiro atoms. The standard InChI is InChI=1S/C16H16O2/c1-12-4-3-5-15(10-12)14-8-6-13(7-9-14)11-16(17)18-2/h3-10H,11H2,1-2H3. The summed E-state index contributed by atoms with van der Waals surface area (Å²) in [4.78, 5) is 11.2. The van der Waals surface area contributed by atoms with Gasteiger partial charge in [-0.1, -0.05) is 54.1 Å². The zero-order valence-corrected chi connectivity index (χ0v) is 10.6.